The highest BCUT2D eigenvalue weighted by Crippen LogP contribution is 1.76. The summed E-state index contributed by atoms with van der Waals surface area (Å²) in [6.45, 7) is 4.36. The van der Waals surface area contributed by atoms with E-state index >= 15 is 0 Å². The zero-order valence-corrected chi connectivity index (χ0v) is 6.04. The molecule has 0 aliphatic heterocycles. The second kappa shape index (κ2) is 16.2. The fourth-order valence-electron chi connectivity index (χ4n) is 0. The number of unbranched alkanes of at least 4 members (excludes halogenated alkanes) is 1. The molecule has 0 aromatic rings. The molecule has 0 spiro atoms. The summed E-state index contributed by atoms with van der Waals surface area (Å²) in [6.07, 6.45) is 2.64. The highest BCUT2D eigenvalue weighted by molar-refractivity contribution is 7.80. The lowest BCUT2D eigenvalue weighted by molar-refractivity contribution is 0.886. The Balaban J connectivity index is 0. The molecule has 0 aromatic heterocycles. The standard InChI is InChI=1S/C4H10.CH5NS/c1-3-4-2;2-1-3/h3-4H2,1-2H3;3H,1-2H2. The van der Waals surface area contributed by atoms with E-state index in [2.05, 4.69) is 26.5 Å². The lowest BCUT2D eigenvalue weighted by Gasteiger charge is -1.68. The molecule has 7 heavy (non-hydrogen) atoms. The van der Waals surface area contributed by atoms with E-state index in [1.807, 2.05) is 0 Å². The molecule has 0 atom stereocenters. The molecule has 0 fully saturated rings. The first kappa shape index (κ1) is 10.3. The summed E-state index contributed by atoms with van der Waals surface area (Å²) in [5.41, 5.74) is 4.71. The smallest absolute Gasteiger partial charge is 0.0362 e. The van der Waals surface area contributed by atoms with E-state index in [4.69, 9.17) is 5.73 Å². The lowest BCUT2D eigenvalue weighted by Crippen LogP contribution is -1.83. The van der Waals surface area contributed by atoms with Gasteiger partial charge in [-0.2, -0.15) is 12.6 Å². The van der Waals surface area contributed by atoms with Crippen LogP contribution >= 0.6 is 12.6 Å². The zero-order valence-electron chi connectivity index (χ0n) is 5.15. The van der Waals surface area contributed by atoms with E-state index in [1.54, 1.807) is 0 Å². The average Bonchev–Trinajstić information content (AvgIpc) is 1.69. The molecule has 46 valence electrons. The largest absolute Gasteiger partial charge is 0.322 e. The van der Waals surface area contributed by atoms with Crippen molar-refractivity contribution in [3.8, 4) is 0 Å². The topological polar surface area (TPSA) is 26.0 Å². The van der Waals surface area contributed by atoms with Crippen molar-refractivity contribution in [3.63, 3.8) is 0 Å². The van der Waals surface area contributed by atoms with Gasteiger partial charge < -0.3 is 5.73 Å². The molecule has 0 heterocycles. The zero-order chi connectivity index (χ0) is 6.12. The average molecular weight is 121 g/mol. The monoisotopic (exact) mass is 121 g/mol. The molecule has 2 N–H and O–H groups in total. The third-order valence-corrected chi connectivity index (χ3v) is 0.500. The Bertz CT molecular complexity index is 15.6. The van der Waals surface area contributed by atoms with Crippen LogP contribution in [0.25, 0.3) is 0 Å². The number of nitrogens with two attached hydrogens (primary N) is 1. The molecular formula is C5H15NS. The lowest BCUT2D eigenvalue weighted by atomic mass is 10.4. The number of rotatable bonds is 1. The third-order valence-electron chi connectivity index (χ3n) is 0.500. The van der Waals surface area contributed by atoms with Crippen LogP contribution in [0.3, 0.4) is 0 Å². The first-order valence-electron chi connectivity index (χ1n) is 2.64. The van der Waals surface area contributed by atoms with Gasteiger partial charge in [0.25, 0.3) is 0 Å². The van der Waals surface area contributed by atoms with Gasteiger partial charge in [0.05, 0.1) is 0 Å². The summed E-state index contributed by atoms with van der Waals surface area (Å²) in [7, 11) is 0. The van der Waals surface area contributed by atoms with Crippen LogP contribution in [0.2, 0.25) is 0 Å². The first-order chi connectivity index (χ1) is 3.33. The maximum atomic E-state index is 4.71. The van der Waals surface area contributed by atoms with Gasteiger partial charge in [0.2, 0.25) is 0 Å². The third kappa shape index (κ3) is 68.3. The van der Waals surface area contributed by atoms with Gasteiger partial charge >= 0.3 is 0 Å². The van der Waals surface area contributed by atoms with Gasteiger partial charge in [0, 0.05) is 5.88 Å². The van der Waals surface area contributed by atoms with Gasteiger partial charge in [0.1, 0.15) is 0 Å². The minimum atomic E-state index is 0.444. The summed E-state index contributed by atoms with van der Waals surface area (Å²) in [5, 5.41) is 0. The van der Waals surface area contributed by atoms with Gasteiger partial charge in [-0.05, 0) is 0 Å². The van der Waals surface area contributed by atoms with E-state index in [1.165, 1.54) is 12.8 Å². The predicted molar refractivity (Wildman–Crippen MR) is 38.6 cm³/mol. The highest BCUT2D eigenvalue weighted by atomic mass is 32.1. The van der Waals surface area contributed by atoms with Gasteiger partial charge in [0.15, 0.2) is 0 Å². The van der Waals surface area contributed by atoms with E-state index < -0.39 is 0 Å². The molecule has 0 radical (unpaired) electrons. The maximum absolute atomic E-state index is 4.71. The van der Waals surface area contributed by atoms with Crippen LogP contribution in [-0.2, 0) is 0 Å². The summed E-state index contributed by atoms with van der Waals surface area (Å²) < 4.78 is 0. The van der Waals surface area contributed by atoms with Crippen molar-refractivity contribution in [1.82, 2.24) is 0 Å². The van der Waals surface area contributed by atoms with E-state index in [0.29, 0.717) is 5.88 Å². The summed E-state index contributed by atoms with van der Waals surface area (Å²) >= 11 is 3.57. The van der Waals surface area contributed by atoms with Crippen molar-refractivity contribution in [2.24, 2.45) is 5.73 Å². The Labute approximate surface area is 51.7 Å². The molecular weight excluding hydrogens is 106 g/mol. The van der Waals surface area contributed by atoms with Crippen molar-refractivity contribution >= 4 is 12.6 Å². The van der Waals surface area contributed by atoms with E-state index in [-0.39, 0.29) is 0 Å². The fourth-order valence-corrected chi connectivity index (χ4v) is 0. The van der Waals surface area contributed by atoms with Crippen LogP contribution in [0.1, 0.15) is 26.7 Å². The van der Waals surface area contributed by atoms with Crippen LogP contribution in [0.15, 0.2) is 0 Å². The summed E-state index contributed by atoms with van der Waals surface area (Å²) in [4.78, 5) is 0. The molecule has 0 amide bonds. The van der Waals surface area contributed by atoms with Crippen molar-refractivity contribution < 1.29 is 0 Å². The van der Waals surface area contributed by atoms with Crippen molar-refractivity contribution in [2.45, 2.75) is 26.7 Å². The molecule has 0 aliphatic carbocycles. The normalized spacial score (nSPS) is 6.86. The van der Waals surface area contributed by atoms with Crippen molar-refractivity contribution in [1.29, 1.82) is 0 Å². The Hall–Kier alpha value is 0.310. The number of hydrogen-bond acceptors (Lipinski definition) is 2. The first-order valence-corrected chi connectivity index (χ1v) is 3.27. The van der Waals surface area contributed by atoms with Crippen molar-refractivity contribution in [3.05, 3.63) is 0 Å². The molecule has 0 saturated carbocycles. The molecule has 0 aromatic carbocycles. The molecule has 0 rings (SSSR count). The van der Waals surface area contributed by atoms with Gasteiger partial charge in [-0.15, -0.1) is 0 Å². The highest BCUT2D eigenvalue weighted by Gasteiger charge is 1.56. The van der Waals surface area contributed by atoms with E-state index in [9.17, 15) is 0 Å². The quantitative estimate of drug-likeness (QED) is 0.400. The Morgan fingerprint density at radius 2 is 1.43 bits per heavy atom. The Morgan fingerprint density at radius 3 is 1.43 bits per heavy atom. The van der Waals surface area contributed by atoms with Crippen LogP contribution in [0, 0.1) is 0 Å². The Morgan fingerprint density at radius 1 is 1.29 bits per heavy atom. The molecule has 0 saturated heterocycles. The minimum Gasteiger partial charge on any atom is -0.322 e. The van der Waals surface area contributed by atoms with Crippen molar-refractivity contribution in [2.75, 3.05) is 5.88 Å². The summed E-state index contributed by atoms with van der Waals surface area (Å²) in [5.74, 6) is 0.444. The van der Waals surface area contributed by atoms with Crippen LogP contribution in [-0.4, -0.2) is 5.88 Å². The Kier molecular flexibility index (Phi) is 23.9. The van der Waals surface area contributed by atoms with Gasteiger partial charge in [-0.1, -0.05) is 26.7 Å². The molecule has 1 nitrogen and oxygen atoms in total. The molecule has 0 unspecified atom stereocenters. The number of thiol groups is 1. The second-order valence-electron chi connectivity index (χ2n) is 1.18. The SMILES string of the molecule is CCCC.NCS. The fraction of sp³-hybridized carbons (Fsp3) is 1.00. The van der Waals surface area contributed by atoms with E-state index in [0.717, 1.165) is 0 Å². The van der Waals surface area contributed by atoms with Crippen LogP contribution < -0.4 is 5.73 Å². The molecule has 2 heteroatoms. The molecule has 0 bridgehead atoms. The summed E-state index contributed by atoms with van der Waals surface area (Å²) in [6, 6.07) is 0. The predicted octanol–water partition coefficient (Wildman–Crippen LogP) is 1.64. The maximum Gasteiger partial charge on any atom is 0.0362 e. The van der Waals surface area contributed by atoms with Gasteiger partial charge in [-0.3, -0.25) is 0 Å². The van der Waals surface area contributed by atoms with Crippen LogP contribution in [0.4, 0.5) is 0 Å². The molecule has 0 aliphatic rings. The van der Waals surface area contributed by atoms with Crippen LogP contribution in [0.5, 0.6) is 0 Å². The second-order valence-corrected chi connectivity index (χ2v) is 1.55. The van der Waals surface area contributed by atoms with Gasteiger partial charge in [-0.25, -0.2) is 0 Å². The number of hydrogen-bond donors (Lipinski definition) is 2. The minimum absolute atomic E-state index is 0.444.